The number of amides is 2. The number of hydrogen-bond acceptors (Lipinski definition) is 6. The summed E-state index contributed by atoms with van der Waals surface area (Å²) in [5, 5.41) is 2.63. The molecule has 25 heavy (non-hydrogen) atoms. The molecule has 0 saturated carbocycles. The van der Waals surface area contributed by atoms with E-state index in [1.165, 1.54) is 31.3 Å². The Kier molecular flexibility index (Phi) is 7.56. The van der Waals surface area contributed by atoms with Crippen LogP contribution in [0.3, 0.4) is 0 Å². The molecule has 9 heteroatoms. The van der Waals surface area contributed by atoms with Crippen LogP contribution in [0.25, 0.3) is 0 Å². The summed E-state index contributed by atoms with van der Waals surface area (Å²) < 4.78 is 28.3. The first kappa shape index (κ1) is 20.6. The Morgan fingerprint density at radius 1 is 1.20 bits per heavy atom. The fourth-order valence-corrected chi connectivity index (χ4v) is 2.77. The molecule has 0 aromatic heterocycles. The zero-order valence-corrected chi connectivity index (χ0v) is 15.3. The number of carbonyl (C=O) groups is 3. The van der Waals surface area contributed by atoms with Gasteiger partial charge in [0.25, 0.3) is 5.91 Å². The van der Waals surface area contributed by atoms with Gasteiger partial charge in [0.05, 0.1) is 17.0 Å². The monoisotopic (exact) mass is 370 g/mol. The standard InChI is InChI=1S/C16H22N2O6S/c1-4-9-17-14(19)10-18(2)15(20)11-24-16(21)12-7-5-6-8-13(12)25(3,22)23/h5-8H,4,9-11H2,1-3H3,(H,17,19). The molecule has 0 fully saturated rings. The second-order valence-electron chi connectivity index (χ2n) is 5.44. The third-order valence-corrected chi connectivity index (χ3v) is 4.37. The molecule has 0 aliphatic carbocycles. The first-order valence-corrected chi connectivity index (χ1v) is 9.52. The van der Waals surface area contributed by atoms with Gasteiger partial charge in [0.2, 0.25) is 5.91 Å². The molecule has 0 spiro atoms. The number of likely N-dealkylation sites (N-methyl/N-ethyl adjacent to an activating group) is 1. The quantitative estimate of drug-likeness (QED) is 0.656. The highest BCUT2D eigenvalue weighted by Gasteiger charge is 2.21. The van der Waals surface area contributed by atoms with Crippen molar-refractivity contribution in [2.75, 3.05) is 33.0 Å². The molecule has 1 N–H and O–H groups in total. The predicted octanol–water partition coefficient (Wildman–Crippen LogP) is 0.232. The minimum atomic E-state index is -3.61. The van der Waals surface area contributed by atoms with Crippen molar-refractivity contribution in [3.8, 4) is 0 Å². The van der Waals surface area contributed by atoms with Crippen molar-refractivity contribution >= 4 is 27.6 Å². The molecule has 1 aromatic carbocycles. The van der Waals surface area contributed by atoms with Crippen LogP contribution in [-0.2, 0) is 24.2 Å². The van der Waals surface area contributed by atoms with Crippen molar-refractivity contribution in [2.45, 2.75) is 18.2 Å². The number of rotatable bonds is 8. The zero-order chi connectivity index (χ0) is 19.0. The van der Waals surface area contributed by atoms with Crippen molar-refractivity contribution < 1.29 is 27.5 Å². The summed E-state index contributed by atoms with van der Waals surface area (Å²) in [6.45, 7) is 1.67. The number of nitrogens with one attached hydrogen (secondary N) is 1. The number of ether oxygens (including phenoxy) is 1. The Morgan fingerprint density at radius 2 is 1.84 bits per heavy atom. The van der Waals surface area contributed by atoms with Crippen LogP contribution in [-0.4, -0.2) is 64.1 Å². The maximum Gasteiger partial charge on any atom is 0.339 e. The molecule has 0 radical (unpaired) electrons. The van der Waals surface area contributed by atoms with Gasteiger partial charge in [-0.2, -0.15) is 0 Å². The Hall–Kier alpha value is -2.42. The van der Waals surface area contributed by atoms with E-state index < -0.39 is 28.3 Å². The van der Waals surface area contributed by atoms with Gasteiger partial charge in [0.1, 0.15) is 0 Å². The first-order valence-electron chi connectivity index (χ1n) is 7.63. The molecular weight excluding hydrogens is 348 g/mol. The number of benzene rings is 1. The molecule has 1 rings (SSSR count). The van der Waals surface area contributed by atoms with Crippen LogP contribution < -0.4 is 5.32 Å². The lowest BCUT2D eigenvalue weighted by molar-refractivity contribution is -0.137. The molecule has 0 heterocycles. The van der Waals surface area contributed by atoms with Crippen LogP contribution >= 0.6 is 0 Å². The summed E-state index contributed by atoms with van der Waals surface area (Å²) in [6, 6.07) is 5.58. The van der Waals surface area contributed by atoms with E-state index in [-0.39, 0.29) is 22.9 Å². The van der Waals surface area contributed by atoms with Crippen molar-refractivity contribution in [3.63, 3.8) is 0 Å². The van der Waals surface area contributed by atoms with Crippen LogP contribution in [0.1, 0.15) is 23.7 Å². The summed E-state index contributed by atoms with van der Waals surface area (Å²) in [4.78, 5) is 36.5. The molecule has 0 unspecified atom stereocenters. The predicted molar refractivity (Wildman–Crippen MR) is 90.8 cm³/mol. The second-order valence-corrected chi connectivity index (χ2v) is 7.43. The lowest BCUT2D eigenvalue weighted by Crippen LogP contribution is -2.40. The average molecular weight is 370 g/mol. The Morgan fingerprint density at radius 3 is 2.44 bits per heavy atom. The van der Waals surface area contributed by atoms with Crippen LogP contribution in [0.4, 0.5) is 0 Å². The topological polar surface area (TPSA) is 110 Å². The maximum atomic E-state index is 12.1. The van der Waals surface area contributed by atoms with E-state index in [0.29, 0.717) is 6.54 Å². The summed E-state index contributed by atoms with van der Waals surface area (Å²) in [5.41, 5.74) is -0.138. The molecular formula is C16H22N2O6S. The van der Waals surface area contributed by atoms with E-state index in [2.05, 4.69) is 5.32 Å². The molecule has 1 aromatic rings. The number of sulfone groups is 1. The minimum absolute atomic E-state index is 0.138. The smallest absolute Gasteiger partial charge is 0.339 e. The van der Waals surface area contributed by atoms with E-state index in [0.717, 1.165) is 17.6 Å². The lowest BCUT2D eigenvalue weighted by Gasteiger charge is -2.17. The molecule has 0 bridgehead atoms. The van der Waals surface area contributed by atoms with Gasteiger partial charge in [-0.05, 0) is 18.6 Å². The van der Waals surface area contributed by atoms with E-state index in [1.54, 1.807) is 0 Å². The maximum absolute atomic E-state index is 12.1. The molecule has 0 atom stereocenters. The van der Waals surface area contributed by atoms with Crippen molar-refractivity contribution in [2.24, 2.45) is 0 Å². The van der Waals surface area contributed by atoms with E-state index >= 15 is 0 Å². The number of hydrogen-bond donors (Lipinski definition) is 1. The SMILES string of the molecule is CCCNC(=O)CN(C)C(=O)COC(=O)c1ccccc1S(C)(=O)=O. The van der Waals surface area contributed by atoms with Crippen LogP contribution in [0.2, 0.25) is 0 Å². The summed E-state index contributed by atoms with van der Waals surface area (Å²) >= 11 is 0. The summed E-state index contributed by atoms with van der Waals surface area (Å²) in [5.74, 6) is -1.80. The van der Waals surface area contributed by atoms with Gasteiger partial charge in [-0.3, -0.25) is 9.59 Å². The summed E-state index contributed by atoms with van der Waals surface area (Å²) in [6.07, 6.45) is 1.76. The lowest BCUT2D eigenvalue weighted by atomic mass is 10.2. The third-order valence-electron chi connectivity index (χ3n) is 3.21. The fourth-order valence-electron chi connectivity index (χ4n) is 1.90. The van der Waals surface area contributed by atoms with E-state index in [4.69, 9.17) is 4.74 Å². The largest absolute Gasteiger partial charge is 0.452 e. The molecule has 0 saturated heterocycles. The first-order chi connectivity index (χ1) is 11.7. The van der Waals surface area contributed by atoms with Gasteiger partial charge in [0.15, 0.2) is 16.4 Å². The van der Waals surface area contributed by atoms with Gasteiger partial charge in [0, 0.05) is 19.8 Å². The third kappa shape index (κ3) is 6.54. The van der Waals surface area contributed by atoms with Crippen molar-refractivity contribution in [1.82, 2.24) is 10.2 Å². The van der Waals surface area contributed by atoms with Crippen LogP contribution in [0, 0.1) is 0 Å². The number of carbonyl (C=O) groups excluding carboxylic acids is 3. The Bertz CT molecular complexity index is 745. The molecule has 138 valence electrons. The van der Waals surface area contributed by atoms with Gasteiger partial charge in [-0.15, -0.1) is 0 Å². The number of esters is 1. The van der Waals surface area contributed by atoms with Crippen LogP contribution in [0.15, 0.2) is 29.2 Å². The molecule has 2 amide bonds. The van der Waals surface area contributed by atoms with E-state index in [1.807, 2.05) is 6.92 Å². The molecule has 8 nitrogen and oxygen atoms in total. The highest BCUT2D eigenvalue weighted by atomic mass is 32.2. The number of nitrogens with zero attached hydrogens (tertiary/aromatic N) is 1. The normalized spacial score (nSPS) is 10.8. The molecule has 0 aliphatic rings. The van der Waals surface area contributed by atoms with Crippen molar-refractivity contribution in [1.29, 1.82) is 0 Å². The summed E-state index contributed by atoms with van der Waals surface area (Å²) in [7, 11) is -2.20. The van der Waals surface area contributed by atoms with Crippen molar-refractivity contribution in [3.05, 3.63) is 29.8 Å². The average Bonchev–Trinajstić information content (AvgIpc) is 2.56. The van der Waals surface area contributed by atoms with Gasteiger partial charge in [-0.1, -0.05) is 19.1 Å². The van der Waals surface area contributed by atoms with Gasteiger partial charge >= 0.3 is 5.97 Å². The Labute approximate surface area is 147 Å². The highest BCUT2D eigenvalue weighted by Crippen LogP contribution is 2.16. The van der Waals surface area contributed by atoms with Crippen LogP contribution in [0.5, 0.6) is 0 Å². The van der Waals surface area contributed by atoms with Gasteiger partial charge < -0.3 is 15.0 Å². The second kappa shape index (κ2) is 9.16. The Balaban J connectivity index is 2.65. The van der Waals surface area contributed by atoms with Gasteiger partial charge in [-0.25, -0.2) is 13.2 Å². The zero-order valence-electron chi connectivity index (χ0n) is 14.4. The minimum Gasteiger partial charge on any atom is -0.452 e. The highest BCUT2D eigenvalue weighted by molar-refractivity contribution is 7.90. The van der Waals surface area contributed by atoms with E-state index in [9.17, 15) is 22.8 Å². The molecule has 0 aliphatic heterocycles. The fraction of sp³-hybridized carbons (Fsp3) is 0.438.